The van der Waals surface area contributed by atoms with Crippen LogP contribution in [-0.2, 0) is 4.79 Å². The highest BCUT2D eigenvalue weighted by Gasteiger charge is 2.11. The van der Waals surface area contributed by atoms with Crippen molar-refractivity contribution >= 4 is 34.9 Å². The van der Waals surface area contributed by atoms with Gasteiger partial charge >= 0.3 is 0 Å². The summed E-state index contributed by atoms with van der Waals surface area (Å²) in [5.41, 5.74) is 1.82. The predicted octanol–water partition coefficient (Wildman–Crippen LogP) is 4.39. The van der Waals surface area contributed by atoms with Crippen molar-refractivity contribution in [1.29, 1.82) is 0 Å². The smallest absolute Gasteiger partial charge is 0.244 e. The molecule has 1 amide bonds. The molecule has 21 heavy (non-hydrogen) atoms. The second kappa shape index (κ2) is 7.38. The van der Waals surface area contributed by atoms with Crippen molar-refractivity contribution in [2.75, 3.05) is 0 Å². The van der Waals surface area contributed by atoms with Gasteiger partial charge in [-0.05, 0) is 37.1 Å². The lowest BCUT2D eigenvalue weighted by atomic mass is 10.0. The molecule has 1 aromatic carbocycles. The molecule has 0 aliphatic rings. The number of thiazole rings is 1. The average molecular weight is 321 g/mol. The molecule has 1 heterocycles. The van der Waals surface area contributed by atoms with Crippen molar-refractivity contribution in [1.82, 2.24) is 10.3 Å². The fraction of sp³-hybridized carbons (Fsp3) is 0.250. The number of amides is 1. The number of aromatic nitrogens is 1. The van der Waals surface area contributed by atoms with E-state index in [-0.39, 0.29) is 11.9 Å². The highest BCUT2D eigenvalue weighted by molar-refractivity contribution is 7.09. The first kappa shape index (κ1) is 15.7. The van der Waals surface area contributed by atoms with Gasteiger partial charge in [-0.2, -0.15) is 0 Å². The monoisotopic (exact) mass is 320 g/mol. The molecule has 1 atom stereocenters. The Morgan fingerprint density at radius 3 is 2.95 bits per heavy atom. The summed E-state index contributed by atoms with van der Waals surface area (Å²) in [5.74, 6) is -0.132. The summed E-state index contributed by atoms with van der Waals surface area (Å²) in [7, 11) is 0. The maximum Gasteiger partial charge on any atom is 0.244 e. The Morgan fingerprint density at radius 1 is 1.52 bits per heavy atom. The number of rotatable bonds is 5. The van der Waals surface area contributed by atoms with Crippen LogP contribution in [0.25, 0.3) is 6.08 Å². The van der Waals surface area contributed by atoms with Gasteiger partial charge in [0, 0.05) is 16.5 Å². The van der Waals surface area contributed by atoms with Crippen molar-refractivity contribution in [2.24, 2.45) is 0 Å². The van der Waals surface area contributed by atoms with Crippen LogP contribution in [0.4, 0.5) is 0 Å². The van der Waals surface area contributed by atoms with Crippen LogP contribution in [-0.4, -0.2) is 10.9 Å². The van der Waals surface area contributed by atoms with Crippen molar-refractivity contribution in [2.45, 2.75) is 26.3 Å². The molecular weight excluding hydrogens is 304 g/mol. The number of nitrogens with zero attached hydrogens (tertiary/aromatic N) is 1. The molecule has 0 saturated carbocycles. The summed E-state index contributed by atoms with van der Waals surface area (Å²) in [5, 5.41) is 6.56. The second-order valence-corrected chi connectivity index (χ2v) is 6.15. The normalized spacial score (nSPS) is 12.5. The summed E-state index contributed by atoms with van der Waals surface area (Å²) in [4.78, 5) is 16.3. The molecule has 0 aliphatic heterocycles. The molecular formula is C16H17ClN2OS. The van der Waals surface area contributed by atoms with Crippen molar-refractivity contribution < 1.29 is 4.79 Å². The van der Waals surface area contributed by atoms with Gasteiger partial charge in [0.05, 0.1) is 16.7 Å². The molecule has 2 aromatic rings. The van der Waals surface area contributed by atoms with Gasteiger partial charge in [-0.3, -0.25) is 4.79 Å². The van der Waals surface area contributed by atoms with Gasteiger partial charge in [0.15, 0.2) is 0 Å². The van der Waals surface area contributed by atoms with E-state index in [2.05, 4.69) is 10.3 Å². The van der Waals surface area contributed by atoms with E-state index in [0.717, 1.165) is 22.7 Å². The van der Waals surface area contributed by atoms with Crippen LogP contribution in [0.2, 0.25) is 5.02 Å². The Balaban J connectivity index is 2.01. The zero-order chi connectivity index (χ0) is 15.2. The van der Waals surface area contributed by atoms with E-state index >= 15 is 0 Å². The number of hydrogen-bond donors (Lipinski definition) is 1. The topological polar surface area (TPSA) is 42.0 Å². The number of aryl methyl sites for hydroxylation is 1. The molecule has 5 heteroatoms. The summed E-state index contributed by atoms with van der Waals surface area (Å²) in [6, 6.07) is 7.51. The highest BCUT2D eigenvalue weighted by Crippen LogP contribution is 2.20. The average Bonchev–Trinajstić information content (AvgIpc) is 2.88. The Labute approximate surface area is 133 Å². The molecule has 110 valence electrons. The summed E-state index contributed by atoms with van der Waals surface area (Å²) >= 11 is 7.56. The zero-order valence-corrected chi connectivity index (χ0v) is 13.5. The lowest BCUT2D eigenvalue weighted by Crippen LogP contribution is -2.26. The molecule has 0 aliphatic carbocycles. The quantitative estimate of drug-likeness (QED) is 0.830. The molecule has 1 unspecified atom stereocenters. The van der Waals surface area contributed by atoms with Crippen LogP contribution in [0, 0.1) is 6.92 Å². The van der Waals surface area contributed by atoms with E-state index < -0.39 is 0 Å². The van der Waals surface area contributed by atoms with Crippen LogP contribution in [0.5, 0.6) is 0 Å². The summed E-state index contributed by atoms with van der Waals surface area (Å²) in [6.45, 7) is 3.97. The minimum atomic E-state index is -0.132. The predicted molar refractivity (Wildman–Crippen MR) is 88.5 cm³/mol. The second-order valence-electron chi connectivity index (χ2n) is 4.65. The van der Waals surface area contributed by atoms with Crippen LogP contribution in [0.3, 0.4) is 0 Å². The minimum Gasteiger partial charge on any atom is -0.346 e. The number of carbonyl (C=O) groups excluding carboxylic acids is 1. The molecule has 0 fully saturated rings. The van der Waals surface area contributed by atoms with Crippen LogP contribution in [0.1, 0.15) is 35.7 Å². The maximum absolute atomic E-state index is 12.0. The molecule has 0 bridgehead atoms. The highest BCUT2D eigenvalue weighted by atomic mass is 35.5. The first-order chi connectivity index (χ1) is 10.1. The maximum atomic E-state index is 12.0. The van der Waals surface area contributed by atoms with Crippen LogP contribution < -0.4 is 5.32 Å². The third-order valence-electron chi connectivity index (χ3n) is 3.02. The zero-order valence-electron chi connectivity index (χ0n) is 12.0. The molecule has 2 rings (SSSR count). The number of hydrogen-bond acceptors (Lipinski definition) is 3. The molecule has 1 N–H and O–H groups in total. The van der Waals surface area contributed by atoms with Gasteiger partial charge in [-0.25, -0.2) is 4.98 Å². The first-order valence-corrected chi connectivity index (χ1v) is 8.00. The van der Waals surface area contributed by atoms with E-state index in [1.807, 2.05) is 43.5 Å². The third kappa shape index (κ3) is 4.69. The first-order valence-electron chi connectivity index (χ1n) is 6.74. The Bertz CT molecular complexity index is 651. The fourth-order valence-electron chi connectivity index (χ4n) is 1.98. The summed E-state index contributed by atoms with van der Waals surface area (Å²) < 4.78 is 0. The number of carbonyl (C=O) groups is 1. The van der Waals surface area contributed by atoms with Gasteiger partial charge < -0.3 is 5.32 Å². The van der Waals surface area contributed by atoms with Crippen LogP contribution in [0.15, 0.2) is 35.7 Å². The molecule has 1 aromatic heterocycles. The van der Waals surface area contributed by atoms with E-state index in [1.54, 1.807) is 17.4 Å². The molecule has 0 radical (unpaired) electrons. The van der Waals surface area contributed by atoms with Gasteiger partial charge in [0.1, 0.15) is 0 Å². The lowest BCUT2D eigenvalue weighted by molar-refractivity contribution is -0.117. The molecule has 3 nitrogen and oxygen atoms in total. The third-order valence-corrected chi connectivity index (χ3v) is 4.04. The molecule has 0 saturated heterocycles. The van der Waals surface area contributed by atoms with E-state index in [0.29, 0.717) is 5.02 Å². The van der Waals surface area contributed by atoms with E-state index in [1.165, 1.54) is 6.08 Å². The largest absolute Gasteiger partial charge is 0.346 e. The number of benzene rings is 1. The standard InChI is InChI=1S/C16H17ClN2OS/c1-3-15(12-5-4-6-13(17)9-12)19-16(20)8-7-14-10-21-11(2)18-14/h4-10,15H,3H2,1-2H3,(H,19,20)/b8-7+. The Morgan fingerprint density at radius 2 is 2.33 bits per heavy atom. The number of nitrogens with one attached hydrogen (secondary N) is 1. The SMILES string of the molecule is CCC(NC(=O)/C=C/c1csc(C)n1)c1cccc(Cl)c1. The van der Waals surface area contributed by atoms with Gasteiger partial charge in [-0.15, -0.1) is 11.3 Å². The number of halogens is 1. The van der Waals surface area contributed by atoms with Gasteiger partial charge in [0.2, 0.25) is 5.91 Å². The van der Waals surface area contributed by atoms with Gasteiger partial charge in [-0.1, -0.05) is 30.7 Å². The van der Waals surface area contributed by atoms with E-state index in [9.17, 15) is 4.79 Å². The van der Waals surface area contributed by atoms with Crippen molar-refractivity contribution in [3.8, 4) is 0 Å². The lowest BCUT2D eigenvalue weighted by Gasteiger charge is -2.16. The Kier molecular flexibility index (Phi) is 5.53. The Hall–Kier alpha value is -1.65. The van der Waals surface area contributed by atoms with Crippen molar-refractivity contribution in [3.63, 3.8) is 0 Å². The molecule has 0 spiro atoms. The minimum absolute atomic E-state index is 0.0435. The van der Waals surface area contributed by atoms with Gasteiger partial charge in [0.25, 0.3) is 0 Å². The fourth-order valence-corrected chi connectivity index (χ4v) is 2.76. The summed E-state index contributed by atoms with van der Waals surface area (Å²) in [6.07, 6.45) is 4.04. The van der Waals surface area contributed by atoms with E-state index in [4.69, 9.17) is 11.6 Å². The van der Waals surface area contributed by atoms with Crippen molar-refractivity contribution in [3.05, 3.63) is 57.0 Å². The van der Waals surface area contributed by atoms with Crippen LogP contribution >= 0.6 is 22.9 Å².